The van der Waals surface area contributed by atoms with Crippen LogP contribution in [0.4, 0.5) is 0 Å². The summed E-state index contributed by atoms with van der Waals surface area (Å²) in [6.07, 6.45) is 6.10. The highest BCUT2D eigenvalue weighted by Crippen LogP contribution is 2.37. The van der Waals surface area contributed by atoms with Crippen LogP contribution in [-0.2, 0) is 23.1 Å². The molecule has 4 rings (SSSR count). The third kappa shape index (κ3) is 3.50. The molecule has 2 aliphatic heterocycles. The molecular weight excluding hydrogens is 332 g/mol. The van der Waals surface area contributed by atoms with Gasteiger partial charge < -0.3 is 14.4 Å². The Balaban J connectivity index is 1.29. The van der Waals surface area contributed by atoms with Gasteiger partial charge in [0.25, 0.3) is 5.91 Å². The monoisotopic (exact) mass is 356 g/mol. The van der Waals surface area contributed by atoms with E-state index < -0.39 is 0 Å². The second-order valence-electron chi connectivity index (χ2n) is 7.08. The van der Waals surface area contributed by atoms with Crippen LogP contribution < -0.4 is 0 Å². The number of hydrogen-bond donors (Lipinski definition) is 0. The van der Waals surface area contributed by atoms with Gasteiger partial charge in [-0.1, -0.05) is 6.07 Å². The van der Waals surface area contributed by atoms with Crippen molar-refractivity contribution in [3.8, 4) is 0 Å². The van der Waals surface area contributed by atoms with Crippen LogP contribution in [0, 0.1) is 0 Å². The van der Waals surface area contributed by atoms with Gasteiger partial charge in [0.2, 0.25) is 0 Å². The number of likely N-dealkylation sites (tertiary alicyclic amines) is 1. The Morgan fingerprint density at radius 1 is 1.31 bits per heavy atom. The minimum atomic E-state index is -0.155. The SMILES string of the molecule is Cn1nccc1C(=O)N1CCC2(CC1)C[C@H](OCc1ccccn1)CO2. The first kappa shape index (κ1) is 17.2. The molecule has 2 saturated heterocycles. The Hall–Kier alpha value is -2.25. The van der Waals surface area contributed by atoms with Gasteiger partial charge in [-0.15, -0.1) is 0 Å². The van der Waals surface area contributed by atoms with E-state index in [1.54, 1.807) is 30.2 Å². The molecule has 0 aromatic carbocycles. The molecule has 26 heavy (non-hydrogen) atoms. The average molecular weight is 356 g/mol. The van der Waals surface area contributed by atoms with Crippen molar-refractivity contribution in [3.05, 3.63) is 48.0 Å². The van der Waals surface area contributed by atoms with E-state index in [2.05, 4.69) is 10.1 Å². The van der Waals surface area contributed by atoms with Crippen molar-refractivity contribution in [2.45, 2.75) is 37.6 Å². The minimum absolute atomic E-state index is 0.0424. The van der Waals surface area contributed by atoms with Crippen LogP contribution in [0.5, 0.6) is 0 Å². The van der Waals surface area contributed by atoms with Crippen LogP contribution in [0.2, 0.25) is 0 Å². The number of carbonyl (C=O) groups is 1. The number of nitrogens with zero attached hydrogens (tertiary/aromatic N) is 4. The predicted octanol–water partition coefficient (Wildman–Crippen LogP) is 1.80. The highest BCUT2D eigenvalue weighted by molar-refractivity contribution is 5.92. The molecule has 2 aliphatic rings. The zero-order chi connectivity index (χ0) is 18.0. The summed E-state index contributed by atoms with van der Waals surface area (Å²) in [4.78, 5) is 18.8. The Morgan fingerprint density at radius 2 is 2.15 bits per heavy atom. The van der Waals surface area contributed by atoms with Gasteiger partial charge in [0.1, 0.15) is 5.69 Å². The first-order valence-corrected chi connectivity index (χ1v) is 9.08. The van der Waals surface area contributed by atoms with Gasteiger partial charge in [-0.3, -0.25) is 14.5 Å². The lowest BCUT2D eigenvalue weighted by Crippen LogP contribution is -2.47. The van der Waals surface area contributed by atoms with Crippen LogP contribution >= 0.6 is 0 Å². The predicted molar refractivity (Wildman–Crippen MR) is 94.5 cm³/mol. The second kappa shape index (κ2) is 7.17. The summed E-state index contributed by atoms with van der Waals surface area (Å²) in [5.41, 5.74) is 1.41. The first-order chi connectivity index (χ1) is 12.7. The van der Waals surface area contributed by atoms with Crippen molar-refractivity contribution >= 4 is 5.91 Å². The number of hydrogen-bond acceptors (Lipinski definition) is 5. The maximum Gasteiger partial charge on any atom is 0.272 e. The van der Waals surface area contributed by atoms with Gasteiger partial charge in [0.15, 0.2) is 0 Å². The summed E-state index contributed by atoms with van der Waals surface area (Å²) in [5, 5.41) is 4.08. The van der Waals surface area contributed by atoms with Crippen LogP contribution in [0.3, 0.4) is 0 Å². The molecule has 0 unspecified atom stereocenters. The van der Waals surface area contributed by atoms with E-state index >= 15 is 0 Å². The fourth-order valence-electron chi connectivity index (χ4n) is 3.81. The smallest absolute Gasteiger partial charge is 0.272 e. The summed E-state index contributed by atoms with van der Waals surface area (Å²) in [5.74, 6) is 0.0424. The van der Waals surface area contributed by atoms with Crippen LogP contribution in [0.15, 0.2) is 36.7 Å². The molecule has 0 bridgehead atoms. The molecule has 2 aromatic rings. The third-order valence-electron chi connectivity index (χ3n) is 5.37. The lowest BCUT2D eigenvalue weighted by atomic mass is 9.88. The van der Waals surface area contributed by atoms with E-state index in [0.29, 0.717) is 32.0 Å². The zero-order valence-electron chi connectivity index (χ0n) is 15.0. The van der Waals surface area contributed by atoms with Crippen LogP contribution in [0.25, 0.3) is 0 Å². The number of aryl methyl sites for hydroxylation is 1. The second-order valence-corrected chi connectivity index (χ2v) is 7.08. The summed E-state index contributed by atoms with van der Waals surface area (Å²) in [6, 6.07) is 7.60. The summed E-state index contributed by atoms with van der Waals surface area (Å²) >= 11 is 0. The zero-order valence-corrected chi connectivity index (χ0v) is 15.0. The molecular formula is C19H24N4O3. The fraction of sp³-hybridized carbons (Fsp3) is 0.526. The highest BCUT2D eigenvalue weighted by Gasteiger charge is 2.44. The van der Waals surface area contributed by atoms with Gasteiger partial charge in [0, 0.05) is 39.0 Å². The Labute approximate surface area is 152 Å². The molecule has 1 atom stereocenters. The Morgan fingerprint density at radius 3 is 2.85 bits per heavy atom. The van der Waals surface area contributed by atoms with E-state index in [-0.39, 0.29) is 17.6 Å². The quantitative estimate of drug-likeness (QED) is 0.835. The summed E-state index contributed by atoms with van der Waals surface area (Å²) in [7, 11) is 1.79. The Kier molecular flexibility index (Phi) is 4.74. The summed E-state index contributed by atoms with van der Waals surface area (Å²) in [6.45, 7) is 2.53. The van der Waals surface area contributed by atoms with Crippen molar-refractivity contribution in [2.24, 2.45) is 7.05 Å². The summed E-state index contributed by atoms with van der Waals surface area (Å²) < 4.78 is 13.7. The normalized spacial score (nSPS) is 22.0. The Bertz CT molecular complexity index is 753. The van der Waals surface area contributed by atoms with Crippen molar-refractivity contribution < 1.29 is 14.3 Å². The molecule has 0 radical (unpaired) electrons. The first-order valence-electron chi connectivity index (χ1n) is 9.08. The van der Waals surface area contributed by atoms with E-state index in [4.69, 9.17) is 9.47 Å². The molecule has 0 saturated carbocycles. The van der Waals surface area contributed by atoms with Gasteiger partial charge in [-0.05, 0) is 31.0 Å². The topological polar surface area (TPSA) is 69.5 Å². The number of rotatable bonds is 4. The van der Waals surface area contributed by atoms with Crippen molar-refractivity contribution in [1.29, 1.82) is 0 Å². The number of pyridine rings is 1. The van der Waals surface area contributed by atoms with Crippen molar-refractivity contribution in [3.63, 3.8) is 0 Å². The average Bonchev–Trinajstić information content (AvgIpc) is 3.27. The van der Waals surface area contributed by atoms with Gasteiger partial charge in [0.05, 0.1) is 30.6 Å². The van der Waals surface area contributed by atoms with Gasteiger partial charge >= 0.3 is 0 Å². The highest BCUT2D eigenvalue weighted by atomic mass is 16.6. The van der Waals surface area contributed by atoms with Crippen LogP contribution in [0.1, 0.15) is 35.4 Å². The molecule has 0 aliphatic carbocycles. The number of amides is 1. The maximum absolute atomic E-state index is 12.6. The molecule has 7 heteroatoms. The van der Waals surface area contributed by atoms with Gasteiger partial charge in [-0.2, -0.15) is 5.10 Å². The van der Waals surface area contributed by atoms with Crippen molar-refractivity contribution in [2.75, 3.05) is 19.7 Å². The van der Waals surface area contributed by atoms with E-state index in [0.717, 1.165) is 25.0 Å². The molecule has 2 aromatic heterocycles. The molecule has 1 amide bonds. The van der Waals surface area contributed by atoms with E-state index in [1.807, 2.05) is 23.1 Å². The standard InChI is InChI=1S/C19H24N4O3/c1-22-17(5-9-21-22)18(24)23-10-6-19(7-11-23)12-16(14-26-19)25-13-15-4-2-3-8-20-15/h2-5,8-9,16H,6-7,10-14H2,1H3/t16-/m0/s1. The molecule has 2 fully saturated rings. The maximum atomic E-state index is 12.6. The molecule has 0 N–H and O–H groups in total. The molecule has 1 spiro atoms. The van der Waals surface area contributed by atoms with Crippen LogP contribution in [-0.4, -0.2) is 57.0 Å². The van der Waals surface area contributed by atoms with E-state index in [1.165, 1.54) is 0 Å². The number of aromatic nitrogens is 3. The molecule has 4 heterocycles. The minimum Gasteiger partial charge on any atom is -0.372 e. The van der Waals surface area contributed by atoms with E-state index in [9.17, 15) is 4.79 Å². The number of piperidine rings is 1. The molecule has 7 nitrogen and oxygen atoms in total. The lowest BCUT2D eigenvalue weighted by Gasteiger charge is -2.38. The number of carbonyl (C=O) groups excluding carboxylic acids is 1. The fourth-order valence-corrected chi connectivity index (χ4v) is 3.81. The van der Waals surface area contributed by atoms with Gasteiger partial charge in [-0.25, -0.2) is 0 Å². The number of ether oxygens (including phenoxy) is 2. The molecule has 138 valence electrons. The van der Waals surface area contributed by atoms with Crippen molar-refractivity contribution in [1.82, 2.24) is 19.7 Å². The largest absolute Gasteiger partial charge is 0.372 e. The lowest BCUT2D eigenvalue weighted by molar-refractivity contribution is -0.0414. The third-order valence-corrected chi connectivity index (χ3v) is 5.37.